The molecule has 8 heteroatoms. The van der Waals surface area contributed by atoms with Crippen LogP contribution in [0, 0.1) is 0 Å². The summed E-state index contributed by atoms with van der Waals surface area (Å²) >= 11 is 12.5. The van der Waals surface area contributed by atoms with Crippen LogP contribution in [0.25, 0.3) is 0 Å². The summed E-state index contributed by atoms with van der Waals surface area (Å²) in [6, 6.07) is 1.32. The van der Waals surface area contributed by atoms with Crippen molar-refractivity contribution in [2.24, 2.45) is 0 Å². The van der Waals surface area contributed by atoms with Crippen molar-refractivity contribution in [3.8, 4) is 0 Å². The van der Waals surface area contributed by atoms with Crippen LogP contribution in [0.1, 0.15) is 19.8 Å². The van der Waals surface area contributed by atoms with E-state index in [2.05, 4.69) is 4.72 Å². The van der Waals surface area contributed by atoms with Gasteiger partial charge in [0.15, 0.2) is 0 Å². The zero-order valence-electron chi connectivity index (χ0n) is 9.11. The lowest BCUT2D eigenvalue weighted by atomic mass is 10.2. The highest BCUT2D eigenvalue weighted by Gasteiger charge is 2.20. The van der Waals surface area contributed by atoms with Crippen molar-refractivity contribution in [3.63, 3.8) is 0 Å². The Hall–Kier alpha value is 0.150. The van der Waals surface area contributed by atoms with E-state index in [1.807, 2.05) is 0 Å². The SMILES string of the molecule is CC(O)CCCNS(=O)(=O)c1cc(Cl)sc1Cl. The molecule has 0 fully saturated rings. The van der Waals surface area contributed by atoms with Gasteiger partial charge in [-0.05, 0) is 25.8 Å². The summed E-state index contributed by atoms with van der Waals surface area (Å²) in [5.41, 5.74) is 0. The first-order valence-electron chi connectivity index (χ1n) is 4.95. The molecule has 0 radical (unpaired) electrons. The lowest BCUT2D eigenvalue weighted by Gasteiger charge is -2.06. The second-order valence-corrected chi connectivity index (χ2v) is 7.60. The molecule has 1 rings (SSSR count). The topological polar surface area (TPSA) is 66.4 Å². The second kappa shape index (κ2) is 6.36. The zero-order chi connectivity index (χ0) is 13.1. The molecule has 0 saturated carbocycles. The van der Waals surface area contributed by atoms with Crippen molar-refractivity contribution in [2.75, 3.05) is 6.54 Å². The number of thiophene rings is 1. The van der Waals surface area contributed by atoms with Gasteiger partial charge in [-0.1, -0.05) is 23.2 Å². The number of sulfonamides is 1. The van der Waals surface area contributed by atoms with Crippen LogP contribution < -0.4 is 4.72 Å². The van der Waals surface area contributed by atoms with Crippen LogP contribution >= 0.6 is 34.5 Å². The predicted octanol–water partition coefficient (Wildman–Crippen LogP) is 2.49. The third kappa shape index (κ3) is 4.73. The van der Waals surface area contributed by atoms with Crippen LogP contribution in [-0.2, 0) is 10.0 Å². The number of nitrogens with one attached hydrogen (secondary N) is 1. The van der Waals surface area contributed by atoms with Crippen LogP contribution in [0.4, 0.5) is 0 Å². The number of aliphatic hydroxyl groups is 1. The molecule has 1 atom stereocenters. The molecule has 0 bridgehead atoms. The highest BCUT2D eigenvalue weighted by Crippen LogP contribution is 2.33. The van der Waals surface area contributed by atoms with Gasteiger partial charge in [0.2, 0.25) is 10.0 Å². The highest BCUT2D eigenvalue weighted by molar-refractivity contribution is 7.89. The van der Waals surface area contributed by atoms with Gasteiger partial charge in [-0.25, -0.2) is 13.1 Å². The Morgan fingerprint density at radius 1 is 1.53 bits per heavy atom. The molecule has 0 spiro atoms. The predicted molar refractivity (Wildman–Crippen MR) is 70.4 cm³/mol. The molecule has 0 aliphatic heterocycles. The minimum atomic E-state index is -3.61. The summed E-state index contributed by atoms with van der Waals surface area (Å²) in [5.74, 6) is 0. The summed E-state index contributed by atoms with van der Waals surface area (Å²) < 4.78 is 26.5. The molecule has 1 aromatic rings. The Balaban J connectivity index is 2.60. The summed E-state index contributed by atoms with van der Waals surface area (Å²) in [7, 11) is -3.61. The van der Waals surface area contributed by atoms with Gasteiger partial charge in [0.25, 0.3) is 0 Å². The first-order valence-corrected chi connectivity index (χ1v) is 8.01. The second-order valence-electron chi connectivity index (χ2n) is 3.58. The molecule has 17 heavy (non-hydrogen) atoms. The standard InChI is InChI=1S/C9H13Cl2NO3S2/c1-6(13)3-2-4-12-17(14,15)7-5-8(10)16-9(7)11/h5-6,12-13H,2-4H2,1H3. The van der Waals surface area contributed by atoms with E-state index >= 15 is 0 Å². The number of aliphatic hydroxyl groups excluding tert-OH is 1. The largest absolute Gasteiger partial charge is 0.393 e. The Morgan fingerprint density at radius 2 is 2.18 bits per heavy atom. The van der Waals surface area contributed by atoms with Gasteiger partial charge < -0.3 is 5.11 Å². The van der Waals surface area contributed by atoms with E-state index in [4.69, 9.17) is 28.3 Å². The minimum absolute atomic E-state index is 0.00575. The Labute approximate surface area is 115 Å². The molecule has 1 heterocycles. The van der Waals surface area contributed by atoms with E-state index in [0.717, 1.165) is 11.3 Å². The van der Waals surface area contributed by atoms with Crippen molar-refractivity contribution < 1.29 is 13.5 Å². The molecule has 0 aliphatic carbocycles. The maximum Gasteiger partial charge on any atom is 0.242 e. The van der Waals surface area contributed by atoms with Crippen LogP contribution in [0.3, 0.4) is 0 Å². The molecular formula is C9H13Cl2NO3S2. The van der Waals surface area contributed by atoms with E-state index in [-0.39, 0.29) is 15.8 Å². The fraction of sp³-hybridized carbons (Fsp3) is 0.556. The summed E-state index contributed by atoms with van der Waals surface area (Å²) in [6.45, 7) is 1.92. The number of halogens is 2. The molecule has 0 amide bonds. The molecular weight excluding hydrogens is 305 g/mol. The molecule has 2 N–H and O–H groups in total. The fourth-order valence-electron chi connectivity index (χ4n) is 1.19. The molecule has 1 unspecified atom stereocenters. The first-order chi connectivity index (χ1) is 7.83. The summed E-state index contributed by atoms with van der Waals surface area (Å²) in [4.78, 5) is 0.00575. The van der Waals surface area contributed by atoms with E-state index in [1.54, 1.807) is 6.92 Å². The van der Waals surface area contributed by atoms with Crippen molar-refractivity contribution >= 4 is 44.6 Å². The number of hydrogen-bond donors (Lipinski definition) is 2. The maximum absolute atomic E-state index is 11.8. The van der Waals surface area contributed by atoms with E-state index in [0.29, 0.717) is 17.2 Å². The first kappa shape index (κ1) is 15.2. The van der Waals surface area contributed by atoms with Gasteiger partial charge in [0.1, 0.15) is 9.23 Å². The zero-order valence-corrected chi connectivity index (χ0v) is 12.3. The Bertz CT molecular complexity index is 471. The fourth-order valence-corrected chi connectivity index (χ4v) is 4.41. The highest BCUT2D eigenvalue weighted by atomic mass is 35.5. The average Bonchev–Trinajstić information content (AvgIpc) is 2.53. The van der Waals surface area contributed by atoms with Crippen molar-refractivity contribution in [2.45, 2.75) is 30.8 Å². The van der Waals surface area contributed by atoms with Gasteiger partial charge in [-0.2, -0.15) is 0 Å². The monoisotopic (exact) mass is 317 g/mol. The minimum Gasteiger partial charge on any atom is -0.393 e. The number of hydrogen-bond acceptors (Lipinski definition) is 4. The smallest absolute Gasteiger partial charge is 0.242 e. The lowest BCUT2D eigenvalue weighted by Crippen LogP contribution is -2.25. The van der Waals surface area contributed by atoms with Gasteiger partial charge in [0, 0.05) is 6.54 Å². The normalized spacial score (nSPS) is 13.9. The van der Waals surface area contributed by atoms with Gasteiger partial charge >= 0.3 is 0 Å². The summed E-state index contributed by atoms with van der Waals surface area (Å²) in [6.07, 6.45) is 0.672. The van der Waals surface area contributed by atoms with E-state index in [9.17, 15) is 8.42 Å². The molecule has 0 aliphatic rings. The van der Waals surface area contributed by atoms with Gasteiger partial charge in [-0.3, -0.25) is 0 Å². The Kier molecular flexibility index (Phi) is 5.69. The number of rotatable bonds is 6. The van der Waals surface area contributed by atoms with E-state index < -0.39 is 16.1 Å². The Morgan fingerprint density at radius 3 is 2.65 bits per heavy atom. The molecule has 1 aromatic heterocycles. The van der Waals surface area contributed by atoms with Crippen LogP contribution in [0.5, 0.6) is 0 Å². The van der Waals surface area contributed by atoms with Gasteiger partial charge in [-0.15, -0.1) is 11.3 Å². The van der Waals surface area contributed by atoms with Crippen molar-refractivity contribution in [3.05, 3.63) is 14.7 Å². The van der Waals surface area contributed by atoms with Crippen LogP contribution in [-0.4, -0.2) is 26.2 Å². The average molecular weight is 318 g/mol. The third-order valence-corrected chi connectivity index (χ3v) is 5.22. The van der Waals surface area contributed by atoms with Gasteiger partial charge in [0.05, 0.1) is 10.4 Å². The van der Waals surface area contributed by atoms with Crippen molar-refractivity contribution in [1.29, 1.82) is 0 Å². The van der Waals surface area contributed by atoms with Crippen LogP contribution in [0.2, 0.25) is 8.67 Å². The van der Waals surface area contributed by atoms with Crippen molar-refractivity contribution in [1.82, 2.24) is 4.72 Å². The molecule has 0 aromatic carbocycles. The third-order valence-electron chi connectivity index (χ3n) is 2.01. The molecule has 0 saturated heterocycles. The van der Waals surface area contributed by atoms with Crippen LogP contribution in [0.15, 0.2) is 11.0 Å². The van der Waals surface area contributed by atoms with E-state index in [1.165, 1.54) is 6.07 Å². The maximum atomic E-state index is 11.8. The summed E-state index contributed by atoms with van der Waals surface area (Å²) in [5, 5.41) is 9.03. The molecule has 98 valence electrons. The molecule has 4 nitrogen and oxygen atoms in total. The quantitative estimate of drug-likeness (QED) is 0.792. The lowest BCUT2D eigenvalue weighted by molar-refractivity contribution is 0.182.